The van der Waals surface area contributed by atoms with Crippen molar-refractivity contribution in [3.05, 3.63) is 101 Å². The summed E-state index contributed by atoms with van der Waals surface area (Å²) in [6, 6.07) is 22.4. The lowest BCUT2D eigenvalue weighted by molar-refractivity contribution is -0.152. The quantitative estimate of drug-likeness (QED) is 0.335. The molecule has 0 N–H and O–H groups in total. The van der Waals surface area contributed by atoms with E-state index in [1.54, 1.807) is 6.07 Å². The Morgan fingerprint density at radius 2 is 1.39 bits per heavy atom. The van der Waals surface area contributed by atoms with Crippen molar-refractivity contribution in [1.29, 1.82) is 0 Å². The molecule has 5 rings (SSSR count). The summed E-state index contributed by atoms with van der Waals surface area (Å²) in [5, 5.41) is 0.620. The standard InChI is InChI=1S/C31H32ClF3N4O2/c32-26-12-10-24(11-13-26)30(23-6-2-1-3-7-23)38-21-28(40)39(29(41)22-38)15-5-14-36-16-18-37(19-17-36)27-9-4-8-25(20-27)31(33,34)35/h1-4,6-13,20,30H,5,14-19,21-22H2. The van der Waals surface area contributed by atoms with Crippen molar-refractivity contribution in [3.63, 3.8) is 0 Å². The van der Waals surface area contributed by atoms with Gasteiger partial charge >= 0.3 is 6.18 Å². The number of rotatable bonds is 8. The van der Waals surface area contributed by atoms with Crippen molar-refractivity contribution < 1.29 is 22.8 Å². The van der Waals surface area contributed by atoms with E-state index in [9.17, 15) is 22.8 Å². The number of anilines is 1. The molecule has 0 aliphatic carbocycles. The van der Waals surface area contributed by atoms with E-state index >= 15 is 0 Å². The highest BCUT2D eigenvalue weighted by Gasteiger charge is 2.36. The number of nitrogens with zero attached hydrogens (tertiary/aromatic N) is 4. The first-order valence-electron chi connectivity index (χ1n) is 13.7. The first-order valence-corrected chi connectivity index (χ1v) is 14.1. The summed E-state index contributed by atoms with van der Waals surface area (Å²) in [5.41, 5.74) is 1.88. The van der Waals surface area contributed by atoms with Crippen molar-refractivity contribution >= 4 is 29.1 Å². The van der Waals surface area contributed by atoms with Crippen LogP contribution in [0.3, 0.4) is 0 Å². The first kappa shape index (κ1) is 29.1. The van der Waals surface area contributed by atoms with Crippen molar-refractivity contribution in [2.24, 2.45) is 0 Å². The van der Waals surface area contributed by atoms with Crippen LogP contribution in [-0.2, 0) is 15.8 Å². The fraction of sp³-hybridized carbons (Fsp3) is 0.355. The summed E-state index contributed by atoms with van der Waals surface area (Å²) in [4.78, 5) is 33.8. The molecule has 1 unspecified atom stereocenters. The summed E-state index contributed by atoms with van der Waals surface area (Å²) in [6.07, 6.45) is -3.73. The summed E-state index contributed by atoms with van der Waals surface area (Å²) < 4.78 is 39.3. The van der Waals surface area contributed by atoms with Crippen LogP contribution in [-0.4, -0.2) is 78.9 Å². The molecule has 2 fully saturated rings. The van der Waals surface area contributed by atoms with Crippen LogP contribution in [0.2, 0.25) is 5.02 Å². The maximum Gasteiger partial charge on any atom is 0.416 e. The molecule has 0 spiro atoms. The first-order chi connectivity index (χ1) is 19.7. The molecular weight excluding hydrogens is 553 g/mol. The van der Waals surface area contributed by atoms with Crippen molar-refractivity contribution in [2.75, 3.05) is 57.3 Å². The lowest BCUT2D eigenvalue weighted by atomic mass is 9.96. The Morgan fingerprint density at radius 3 is 2.02 bits per heavy atom. The molecule has 2 amide bonds. The minimum absolute atomic E-state index is 0.129. The maximum absolute atomic E-state index is 13.2. The van der Waals surface area contributed by atoms with Gasteiger partial charge in [0.2, 0.25) is 11.8 Å². The molecule has 2 heterocycles. The molecule has 0 bridgehead atoms. The average molecular weight is 585 g/mol. The SMILES string of the molecule is O=C1CN(C(c2ccccc2)c2ccc(Cl)cc2)CC(=O)N1CCCN1CCN(c2cccc(C(F)(F)F)c2)CC1. The number of alkyl halides is 3. The summed E-state index contributed by atoms with van der Waals surface area (Å²) in [6.45, 7) is 3.93. The summed E-state index contributed by atoms with van der Waals surface area (Å²) in [5.74, 6) is -0.434. The largest absolute Gasteiger partial charge is 0.416 e. The number of carbonyl (C=O) groups is 2. The smallest absolute Gasteiger partial charge is 0.369 e. The Kier molecular flexibility index (Phi) is 8.97. The lowest BCUT2D eigenvalue weighted by Crippen LogP contribution is -2.55. The predicted octanol–water partition coefficient (Wildman–Crippen LogP) is 5.33. The van der Waals surface area contributed by atoms with Crippen LogP contribution in [0.15, 0.2) is 78.9 Å². The number of halogens is 4. The molecule has 3 aromatic carbocycles. The second kappa shape index (κ2) is 12.6. The van der Waals surface area contributed by atoms with Gasteiger partial charge in [0, 0.05) is 43.4 Å². The Hall–Kier alpha value is -3.40. The number of imide groups is 1. The zero-order valence-corrected chi connectivity index (χ0v) is 23.3. The molecule has 3 aromatic rings. The molecule has 2 aliphatic heterocycles. The van der Waals surface area contributed by atoms with Crippen molar-refractivity contribution in [1.82, 2.24) is 14.7 Å². The van der Waals surface area contributed by atoms with Gasteiger partial charge in [-0.05, 0) is 54.4 Å². The van der Waals surface area contributed by atoms with Gasteiger partial charge in [0.25, 0.3) is 0 Å². The average Bonchev–Trinajstić information content (AvgIpc) is 2.96. The van der Waals surface area contributed by atoms with Crippen LogP contribution >= 0.6 is 11.6 Å². The Morgan fingerprint density at radius 1 is 0.756 bits per heavy atom. The van der Waals surface area contributed by atoms with Gasteiger partial charge in [-0.1, -0.05) is 60.1 Å². The van der Waals surface area contributed by atoms with E-state index in [1.165, 1.54) is 17.0 Å². The topological polar surface area (TPSA) is 47.1 Å². The summed E-state index contributed by atoms with van der Waals surface area (Å²) >= 11 is 6.10. The predicted molar refractivity (Wildman–Crippen MR) is 153 cm³/mol. The van der Waals surface area contributed by atoms with Gasteiger partial charge in [-0.2, -0.15) is 13.2 Å². The maximum atomic E-state index is 13.2. The highest BCUT2D eigenvalue weighted by molar-refractivity contribution is 6.30. The minimum atomic E-state index is -4.36. The van der Waals surface area contributed by atoms with Crippen LogP contribution < -0.4 is 4.90 Å². The second-order valence-electron chi connectivity index (χ2n) is 10.4. The van der Waals surface area contributed by atoms with Gasteiger partial charge in [0.15, 0.2) is 0 Å². The van der Waals surface area contributed by atoms with E-state index in [0.29, 0.717) is 56.4 Å². The molecule has 216 valence electrons. The van der Waals surface area contributed by atoms with Crippen LogP contribution in [0.5, 0.6) is 0 Å². The third-order valence-corrected chi connectivity index (χ3v) is 7.96. The van der Waals surface area contributed by atoms with E-state index in [4.69, 9.17) is 11.6 Å². The van der Waals surface area contributed by atoms with Crippen LogP contribution in [0, 0.1) is 0 Å². The molecular formula is C31H32ClF3N4O2. The van der Waals surface area contributed by atoms with Gasteiger partial charge in [-0.15, -0.1) is 0 Å². The summed E-state index contributed by atoms with van der Waals surface area (Å²) in [7, 11) is 0. The van der Waals surface area contributed by atoms with Crippen molar-refractivity contribution in [3.8, 4) is 0 Å². The Labute approximate surface area is 242 Å². The number of amides is 2. The van der Waals surface area contributed by atoms with E-state index < -0.39 is 11.7 Å². The Balaban J connectivity index is 1.14. The molecule has 10 heteroatoms. The van der Waals surface area contributed by atoms with E-state index in [2.05, 4.69) is 4.90 Å². The van der Waals surface area contributed by atoms with E-state index in [1.807, 2.05) is 64.4 Å². The van der Waals surface area contributed by atoms with Crippen molar-refractivity contribution in [2.45, 2.75) is 18.6 Å². The number of hydrogen-bond acceptors (Lipinski definition) is 5. The third kappa shape index (κ3) is 7.09. The van der Waals surface area contributed by atoms with Gasteiger partial charge in [0.05, 0.1) is 24.7 Å². The van der Waals surface area contributed by atoms with Gasteiger partial charge in [0.1, 0.15) is 0 Å². The van der Waals surface area contributed by atoms with Crippen LogP contribution in [0.25, 0.3) is 0 Å². The molecule has 2 aliphatic rings. The van der Waals surface area contributed by atoms with E-state index in [-0.39, 0.29) is 30.9 Å². The van der Waals surface area contributed by atoms with Gasteiger partial charge in [-0.3, -0.25) is 24.3 Å². The molecule has 2 saturated heterocycles. The number of benzene rings is 3. The molecule has 0 saturated carbocycles. The zero-order chi connectivity index (χ0) is 29.0. The second-order valence-corrected chi connectivity index (χ2v) is 10.9. The molecule has 0 radical (unpaired) electrons. The number of hydrogen-bond donors (Lipinski definition) is 0. The normalized spacial score (nSPS) is 18.1. The van der Waals surface area contributed by atoms with Gasteiger partial charge in [-0.25, -0.2) is 0 Å². The highest BCUT2D eigenvalue weighted by atomic mass is 35.5. The Bertz CT molecular complexity index is 1330. The molecule has 41 heavy (non-hydrogen) atoms. The van der Waals surface area contributed by atoms with Crippen LogP contribution in [0.1, 0.15) is 29.2 Å². The lowest BCUT2D eigenvalue weighted by Gasteiger charge is -2.39. The molecule has 0 aromatic heterocycles. The molecule has 6 nitrogen and oxygen atoms in total. The molecule has 1 atom stereocenters. The van der Waals surface area contributed by atoms with E-state index in [0.717, 1.165) is 17.2 Å². The van der Waals surface area contributed by atoms with Crippen LogP contribution in [0.4, 0.5) is 18.9 Å². The minimum Gasteiger partial charge on any atom is -0.369 e. The third-order valence-electron chi connectivity index (χ3n) is 7.71. The zero-order valence-electron chi connectivity index (χ0n) is 22.6. The van der Waals surface area contributed by atoms with Gasteiger partial charge < -0.3 is 4.90 Å². The highest BCUT2D eigenvalue weighted by Crippen LogP contribution is 2.33. The fourth-order valence-corrected chi connectivity index (χ4v) is 5.73. The monoisotopic (exact) mass is 584 g/mol. The number of piperazine rings is 2. The number of carbonyl (C=O) groups excluding carboxylic acids is 2. The fourth-order valence-electron chi connectivity index (χ4n) is 5.60.